The number of nitrogens with one attached hydrogen (secondary N) is 1. The van der Waals surface area contributed by atoms with Gasteiger partial charge in [-0.15, -0.1) is 0 Å². The molecular weight excluding hydrogens is 414 g/mol. The Hall–Kier alpha value is -3.65. The molecule has 0 aliphatic rings. The van der Waals surface area contributed by atoms with E-state index in [9.17, 15) is 18.7 Å². The molecule has 1 unspecified atom stereocenters. The quantitative estimate of drug-likeness (QED) is 0.443. The lowest BCUT2D eigenvalue weighted by Crippen LogP contribution is -2.28. The van der Waals surface area contributed by atoms with E-state index in [0.29, 0.717) is 29.0 Å². The normalized spacial score (nSPS) is 12.1. The molecule has 1 amide bonds. The van der Waals surface area contributed by atoms with Crippen LogP contribution in [0.3, 0.4) is 0 Å². The van der Waals surface area contributed by atoms with E-state index in [0.717, 1.165) is 17.7 Å². The smallest absolute Gasteiger partial charge is 0.220 e. The number of carbonyl (C=O) groups excluding carboxylic acids is 1. The third-order valence-corrected chi connectivity index (χ3v) is 5.16. The van der Waals surface area contributed by atoms with E-state index >= 15 is 0 Å². The van der Waals surface area contributed by atoms with Crippen molar-refractivity contribution in [1.82, 2.24) is 19.9 Å². The average molecular weight is 436 g/mol. The highest BCUT2D eigenvalue weighted by Crippen LogP contribution is 2.18. The van der Waals surface area contributed by atoms with Gasteiger partial charge in [0, 0.05) is 25.6 Å². The van der Waals surface area contributed by atoms with E-state index in [-0.39, 0.29) is 25.4 Å². The minimum atomic E-state index is -0.919. The number of rotatable bonds is 8. The Balaban J connectivity index is 1.45. The molecule has 2 aromatic heterocycles. The van der Waals surface area contributed by atoms with Crippen LogP contribution in [0.5, 0.6) is 0 Å². The zero-order valence-corrected chi connectivity index (χ0v) is 17.2. The molecule has 0 saturated carbocycles. The summed E-state index contributed by atoms with van der Waals surface area (Å²) in [6, 6.07) is 16.4. The summed E-state index contributed by atoms with van der Waals surface area (Å²) in [6.45, 7) is 0.351. The summed E-state index contributed by atoms with van der Waals surface area (Å²) in [6.07, 6.45) is 1.32. The fourth-order valence-electron chi connectivity index (χ4n) is 3.50. The van der Waals surface area contributed by atoms with E-state index in [1.54, 1.807) is 29.0 Å². The van der Waals surface area contributed by atoms with Crippen molar-refractivity contribution in [2.75, 3.05) is 6.54 Å². The third kappa shape index (κ3) is 4.97. The first-order valence-electron chi connectivity index (χ1n) is 10.2. The Kier molecular flexibility index (Phi) is 6.51. The van der Waals surface area contributed by atoms with Gasteiger partial charge in [0.25, 0.3) is 0 Å². The van der Waals surface area contributed by atoms with Gasteiger partial charge >= 0.3 is 0 Å². The number of fused-ring (bicyclic) bond motifs is 1. The third-order valence-electron chi connectivity index (χ3n) is 5.16. The first-order chi connectivity index (χ1) is 15.5. The second kappa shape index (κ2) is 9.65. The predicted octanol–water partition coefficient (Wildman–Crippen LogP) is 3.54. The van der Waals surface area contributed by atoms with Crippen LogP contribution in [0.4, 0.5) is 8.78 Å². The fraction of sp³-hybridized carbons (Fsp3) is 0.208. The van der Waals surface area contributed by atoms with Gasteiger partial charge in [-0.3, -0.25) is 4.79 Å². The maximum absolute atomic E-state index is 13.7. The van der Waals surface area contributed by atoms with Crippen molar-refractivity contribution < 1.29 is 18.7 Å². The Morgan fingerprint density at radius 2 is 1.88 bits per heavy atom. The number of hydrogen-bond donors (Lipinski definition) is 2. The first kappa shape index (κ1) is 21.6. The maximum atomic E-state index is 13.7. The highest BCUT2D eigenvalue weighted by Gasteiger charge is 2.15. The van der Waals surface area contributed by atoms with Crippen LogP contribution in [0.25, 0.3) is 11.2 Å². The number of benzene rings is 2. The highest BCUT2D eigenvalue weighted by molar-refractivity contribution is 5.76. The zero-order chi connectivity index (χ0) is 22.5. The van der Waals surface area contributed by atoms with Gasteiger partial charge < -0.3 is 15.0 Å². The molecule has 1 atom stereocenters. The number of aryl methyl sites for hydroxylation is 1. The minimum absolute atomic E-state index is 0.107. The van der Waals surface area contributed by atoms with E-state index in [1.807, 2.05) is 24.3 Å². The number of hydrogen-bond acceptors (Lipinski definition) is 4. The van der Waals surface area contributed by atoms with Crippen LogP contribution >= 0.6 is 0 Å². The average Bonchev–Trinajstić information content (AvgIpc) is 3.16. The summed E-state index contributed by atoms with van der Waals surface area (Å²) >= 11 is 0. The van der Waals surface area contributed by atoms with Gasteiger partial charge in [0.05, 0.1) is 12.6 Å². The molecule has 2 heterocycles. The topological polar surface area (TPSA) is 80.0 Å². The summed E-state index contributed by atoms with van der Waals surface area (Å²) < 4.78 is 28.7. The summed E-state index contributed by atoms with van der Waals surface area (Å²) in [5, 5.41) is 12.9. The van der Waals surface area contributed by atoms with Crippen LogP contribution in [0, 0.1) is 11.6 Å². The molecule has 2 aromatic carbocycles. The first-order valence-corrected chi connectivity index (χ1v) is 10.2. The number of halogens is 2. The van der Waals surface area contributed by atoms with Gasteiger partial charge in [0.15, 0.2) is 17.3 Å². The van der Waals surface area contributed by atoms with Crippen LogP contribution in [0.15, 0.2) is 66.9 Å². The van der Waals surface area contributed by atoms with Gasteiger partial charge in [0.2, 0.25) is 5.91 Å². The van der Waals surface area contributed by atoms with Gasteiger partial charge in [0.1, 0.15) is 11.3 Å². The molecule has 4 aromatic rings. The molecule has 0 fully saturated rings. The molecule has 0 aliphatic carbocycles. The highest BCUT2D eigenvalue weighted by atomic mass is 19.2. The largest absolute Gasteiger partial charge is 0.387 e. The van der Waals surface area contributed by atoms with Crippen molar-refractivity contribution >= 4 is 17.1 Å². The molecule has 0 aliphatic heterocycles. The fourth-order valence-corrected chi connectivity index (χ4v) is 3.50. The summed E-state index contributed by atoms with van der Waals surface area (Å²) in [5.74, 6) is -1.43. The number of carbonyl (C=O) groups is 1. The number of aliphatic hydroxyl groups excluding tert-OH is 1. The monoisotopic (exact) mass is 436 g/mol. The van der Waals surface area contributed by atoms with E-state index in [2.05, 4.69) is 15.3 Å². The Bertz CT molecular complexity index is 1230. The van der Waals surface area contributed by atoms with Crippen molar-refractivity contribution in [2.45, 2.75) is 25.5 Å². The number of imidazole rings is 1. The van der Waals surface area contributed by atoms with Gasteiger partial charge in [-0.05, 0) is 35.4 Å². The van der Waals surface area contributed by atoms with Crippen LogP contribution in [-0.4, -0.2) is 32.1 Å². The summed E-state index contributed by atoms with van der Waals surface area (Å²) in [5.41, 5.74) is 2.55. The molecule has 8 heteroatoms. The van der Waals surface area contributed by atoms with E-state index in [4.69, 9.17) is 0 Å². The van der Waals surface area contributed by atoms with Crippen molar-refractivity contribution in [3.8, 4) is 0 Å². The van der Waals surface area contributed by atoms with Crippen molar-refractivity contribution in [3.05, 3.63) is 95.4 Å². The summed E-state index contributed by atoms with van der Waals surface area (Å²) in [4.78, 5) is 21.3. The van der Waals surface area contributed by atoms with Crippen molar-refractivity contribution in [2.24, 2.45) is 0 Å². The minimum Gasteiger partial charge on any atom is -0.387 e. The van der Waals surface area contributed by atoms with Crippen molar-refractivity contribution in [3.63, 3.8) is 0 Å². The number of nitrogens with zero attached hydrogens (tertiary/aromatic N) is 3. The lowest BCUT2D eigenvalue weighted by Gasteiger charge is -2.12. The van der Waals surface area contributed by atoms with Crippen LogP contribution in [-0.2, 0) is 17.8 Å². The van der Waals surface area contributed by atoms with Crippen molar-refractivity contribution in [1.29, 1.82) is 0 Å². The Labute approximate surface area is 183 Å². The SMILES string of the molecule is O=C(CCc1nc2cccnc2n1Cc1ccc(F)c(F)c1)NCC(O)c1ccccc1. The Morgan fingerprint density at radius 3 is 2.66 bits per heavy atom. The zero-order valence-electron chi connectivity index (χ0n) is 17.2. The Morgan fingerprint density at radius 1 is 1.06 bits per heavy atom. The van der Waals surface area contributed by atoms with Crippen LogP contribution in [0.1, 0.15) is 29.5 Å². The molecular formula is C24H22F2N4O2. The molecule has 0 radical (unpaired) electrons. The number of aromatic nitrogens is 3. The molecule has 0 spiro atoms. The van der Waals surface area contributed by atoms with Gasteiger partial charge in [-0.2, -0.15) is 0 Å². The van der Waals surface area contributed by atoms with Gasteiger partial charge in [-0.1, -0.05) is 36.4 Å². The van der Waals surface area contributed by atoms with Crippen LogP contribution in [0.2, 0.25) is 0 Å². The van der Waals surface area contributed by atoms with E-state index in [1.165, 1.54) is 6.07 Å². The number of pyridine rings is 1. The second-order valence-corrected chi connectivity index (χ2v) is 7.44. The predicted molar refractivity (Wildman–Crippen MR) is 116 cm³/mol. The van der Waals surface area contributed by atoms with Crippen LogP contribution < -0.4 is 5.32 Å². The molecule has 0 saturated heterocycles. The summed E-state index contributed by atoms with van der Waals surface area (Å²) in [7, 11) is 0. The maximum Gasteiger partial charge on any atom is 0.220 e. The molecule has 6 nitrogen and oxygen atoms in total. The molecule has 164 valence electrons. The lowest BCUT2D eigenvalue weighted by atomic mass is 10.1. The molecule has 2 N–H and O–H groups in total. The second-order valence-electron chi connectivity index (χ2n) is 7.44. The number of amides is 1. The van der Waals surface area contributed by atoms with Gasteiger partial charge in [-0.25, -0.2) is 18.7 Å². The molecule has 4 rings (SSSR count). The lowest BCUT2D eigenvalue weighted by molar-refractivity contribution is -0.121. The molecule has 0 bridgehead atoms. The number of aliphatic hydroxyl groups is 1. The molecule has 32 heavy (non-hydrogen) atoms. The van der Waals surface area contributed by atoms with E-state index < -0.39 is 17.7 Å². The standard InChI is InChI=1S/C24H22F2N4O2/c25-18-9-8-16(13-19(18)26)15-30-22(29-20-7-4-12-27-24(20)30)10-11-23(32)28-14-21(31)17-5-2-1-3-6-17/h1-9,12-13,21,31H,10-11,14-15H2,(H,28,32).